The molecule has 3 nitrogen and oxygen atoms in total. The molecule has 0 atom stereocenters. The molecule has 122 valence electrons. The van der Waals surface area contributed by atoms with Crippen molar-refractivity contribution in [2.75, 3.05) is 11.9 Å². The molecule has 0 bridgehead atoms. The molecular weight excluding hydrogens is 389 g/mol. The zero-order valence-corrected chi connectivity index (χ0v) is 12.7. The number of benzene rings is 2. The van der Waals surface area contributed by atoms with Crippen molar-refractivity contribution < 1.29 is 31.5 Å². The summed E-state index contributed by atoms with van der Waals surface area (Å²) in [6.45, 7) is -0.945. The van der Waals surface area contributed by atoms with Crippen LogP contribution < -0.4 is 10.1 Å². The lowest BCUT2D eigenvalue weighted by Crippen LogP contribution is -2.21. The van der Waals surface area contributed by atoms with Gasteiger partial charge in [0.05, 0.1) is 5.69 Å². The monoisotopic (exact) mass is 395 g/mol. The second kappa shape index (κ2) is 6.95. The molecule has 23 heavy (non-hydrogen) atoms. The van der Waals surface area contributed by atoms with Crippen molar-refractivity contribution in [3.63, 3.8) is 0 Å². The molecule has 1 amide bonds. The zero-order chi connectivity index (χ0) is 17.1. The van der Waals surface area contributed by atoms with Gasteiger partial charge in [-0.2, -0.15) is 8.78 Å². The van der Waals surface area contributed by atoms with Gasteiger partial charge in [-0.25, -0.2) is 13.2 Å². The maximum atomic E-state index is 13.4. The van der Waals surface area contributed by atoms with Gasteiger partial charge in [-0.15, -0.1) is 0 Å². The normalized spacial score (nSPS) is 10.5. The summed E-state index contributed by atoms with van der Waals surface area (Å²) in [4.78, 5) is 11.6. The summed E-state index contributed by atoms with van der Waals surface area (Å²) in [5.74, 6) is -13.2. The third-order valence-electron chi connectivity index (χ3n) is 2.67. The fourth-order valence-electron chi connectivity index (χ4n) is 1.60. The number of ether oxygens (including phenoxy) is 1. The van der Waals surface area contributed by atoms with Gasteiger partial charge in [0.15, 0.2) is 12.4 Å². The molecule has 0 aliphatic heterocycles. The van der Waals surface area contributed by atoms with Crippen LogP contribution in [0.25, 0.3) is 0 Å². The SMILES string of the molecule is O=C(COc1c(F)c(F)c(F)c(F)c1F)Nc1ccccc1Br. The van der Waals surface area contributed by atoms with E-state index in [2.05, 4.69) is 26.0 Å². The Morgan fingerprint density at radius 3 is 2.04 bits per heavy atom. The Labute approximate surface area is 135 Å². The van der Waals surface area contributed by atoms with E-state index in [0.29, 0.717) is 10.2 Å². The van der Waals surface area contributed by atoms with Crippen LogP contribution in [0, 0.1) is 29.1 Å². The van der Waals surface area contributed by atoms with Gasteiger partial charge in [0.25, 0.3) is 5.91 Å². The van der Waals surface area contributed by atoms with Crippen LogP contribution in [0.3, 0.4) is 0 Å². The lowest BCUT2D eigenvalue weighted by atomic mass is 10.2. The molecule has 0 aliphatic rings. The summed E-state index contributed by atoms with van der Waals surface area (Å²) in [6, 6.07) is 6.46. The molecule has 0 heterocycles. The summed E-state index contributed by atoms with van der Waals surface area (Å²) < 4.78 is 70.5. The van der Waals surface area contributed by atoms with Crippen molar-refractivity contribution >= 4 is 27.5 Å². The smallest absolute Gasteiger partial charge is 0.262 e. The predicted molar refractivity (Wildman–Crippen MR) is 74.5 cm³/mol. The minimum atomic E-state index is -2.30. The highest BCUT2D eigenvalue weighted by molar-refractivity contribution is 9.10. The molecule has 0 unspecified atom stereocenters. The van der Waals surface area contributed by atoms with E-state index in [4.69, 9.17) is 0 Å². The van der Waals surface area contributed by atoms with Gasteiger partial charge in [-0.3, -0.25) is 4.79 Å². The number of amides is 1. The standard InChI is InChI=1S/C14H7BrF5NO2/c15-6-3-1-2-4-7(6)21-8(22)5-23-14-12(19)10(17)9(16)11(18)13(14)20/h1-4H,5H2,(H,21,22). The zero-order valence-electron chi connectivity index (χ0n) is 11.1. The van der Waals surface area contributed by atoms with Crippen LogP contribution >= 0.6 is 15.9 Å². The van der Waals surface area contributed by atoms with E-state index in [-0.39, 0.29) is 0 Å². The van der Waals surface area contributed by atoms with Crippen LogP contribution in [-0.4, -0.2) is 12.5 Å². The Kier molecular flexibility index (Phi) is 5.19. The van der Waals surface area contributed by atoms with Gasteiger partial charge < -0.3 is 10.1 Å². The second-order valence-electron chi connectivity index (χ2n) is 4.22. The van der Waals surface area contributed by atoms with Crippen LogP contribution in [0.5, 0.6) is 5.75 Å². The lowest BCUT2D eigenvalue weighted by Gasteiger charge is -2.11. The van der Waals surface area contributed by atoms with Gasteiger partial charge in [0, 0.05) is 4.47 Å². The van der Waals surface area contributed by atoms with Gasteiger partial charge in [-0.1, -0.05) is 12.1 Å². The fraction of sp³-hybridized carbons (Fsp3) is 0.0714. The van der Waals surface area contributed by atoms with Crippen molar-refractivity contribution in [1.29, 1.82) is 0 Å². The third-order valence-corrected chi connectivity index (χ3v) is 3.36. The van der Waals surface area contributed by atoms with Crippen molar-refractivity contribution in [2.24, 2.45) is 0 Å². The maximum absolute atomic E-state index is 13.4. The first kappa shape index (κ1) is 17.2. The van der Waals surface area contributed by atoms with E-state index in [9.17, 15) is 26.7 Å². The van der Waals surface area contributed by atoms with Gasteiger partial charge in [0.1, 0.15) is 0 Å². The topological polar surface area (TPSA) is 38.3 Å². The third kappa shape index (κ3) is 3.61. The first-order valence-electron chi connectivity index (χ1n) is 6.01. The molecule has 0 fully saturated rings. The largest absolute Gasteiger partial charge is 0.477 e. The molecule has 2 aromatic carbocycles. The lowest BCUT2D eigenvalue weighted by molar-refractivity contribution is -0.118. The highest BCUT2D eigenvalue weighted by atomic mass is 79.9. The van der Waals surface area contributed by atoms with Crippen molar-refractivity contribution in [2.45, 2.75) is 0 Å². The molecule has 2 aromatic rings. The molecule has 1 N–H and O–H groups in total. The molecule has 0 spiro atoms. The first-order valence-corrected chi connectivity index (χ1v) is 6.80. The van der Waals surface area contributed by atoms with Crippen LogP contribution in [0.1, 0.15) is 0 Å². The van der Waals surface area contributed by atoms with E-state index in [1.807, 2.05) is 0 Å². The maximum Gasteiger partial charge on any atom is 0.262 e. The van der Waals surface area contributed by atoms with E-state index in [1.165, 1.54) is 6.07 Å². The number of para-hydroxylation sites is 1. The number of nitrogens with one attached hydrogen (secondary N) is 1. The number of carbonyl (C=O) groups is 1. The quantitative estimate of drug-likeness (QED) is 0.479. The summed E-state index contributed by atoms with van der Waals surface area (Å²) in [7, 11) is 0. The van der Waals surface area contributed by atoms with Crippen LogP contribution in [0.15, 0.2) is 28.7 Å². The van der Waals surface area contributed by atoms with Gasteiger partial charge in [0.2, 0.25) is 29.1 Å². The molecule has 9 heteroatoms. The number of hydrogen-bond acceptors (Lipinski definition) is 2. The van der Waals surface area contributed by atoms with Gasteiger partial charge >= 0.3 is 0 Å². The summed E-state index contributed by atoms with van der Waals surface area (Å²) in [5.41, 5.74) is 0.346. The summed E-state index contributed by atoms with van der Waals surface area (Å²) >= 11 is 3.15. The molecular formula is C14H7BrF5NO2. The number of carbonyl (C=O) groups excluding carboxylic acids is 1. The number of rotatable bonds is 4. The molecule has 0 aliphatic carbocycles. The first-order chi connectivity index (χ1) is 10.8. The molecule has 0 saturated carbocycles. The number of hydrogen-bond donors (Lipinski definition) is 1. The Morgan fingerprint density at radius 2 is 1.48 bits per heavy atom. The van der Waals surface area contributed by atoms with Crippen LogP contribution in [0.2, 0.25) is 0 Å². The summed E-state index contributed by atoms with van der Waals surface area (Å²) in [5, 5.41) is 2.34. The molecule has 0 aromatic heterocycles. The Bertz CT molecular complexity index is 740. The molecule has 2 rings (SSSR count). The fourth-order valence-corrected chi connectivity index (χ4v) is 1.98. The van der Waals surface area contributed by atoms with Crippen LogP contribution in [0.4, 0.5) is 27.6 Å². The highest BCUT2D eigenvalue weighted by Crippen LogP contribution is 2.29. The number of halogens is 6. The second-order valence-corrected chi connectivity index (χ2v) is 5.07. The Balaban J connectivity index is 2.13. The molecule has 0 saturated heterocycles. The van der Waals surface area contributed by atoms with E-state index in [1.54, 1.807) is 18.2 Å². The highest BCUT2D eigenvalue weighted by Gasteiger charge is 2.27. The van der Waals surface area contributed by atoms with Crippen molar-refractivity contribution in [3.8, 4) is 5.75 Å². The predicted octanol–water partition coefficient (Wildman–Crippen LogP) is 4.16. The minimum absolute atomic E-state index is 0.346. The minimum Gasteiger partial charge on any atom is -0.477 e. The van der Waals surface area contributed by atoms with Crippen LogP contribution in [-0.2, 0) is 4.79 Å². The van der Waals surface area contributed by atoms with E-state index in [0.717, 1.165) is 0 Å². The van der Waals surface area contributed by atoms with Gasteiger partial charge in [-0.05, 0) is 28.1 Å². The number of anilines is 1. The van der Waals surface area contributed by atoms with Crippen molar-refractivity contribution in [1.82, 2.24) is 0 Å². The van der Waals surface area contributed by atoms with E-state index < -0.39 is 47.3 Å². The molecule has 0 radical (unpaired) electrons. The Morgan fingerprint density at radius 1 is 0.957 bits per heavy atom. The average molecular weight is 396 g/mol. The Hall–Kier alpha value is -2.16. The van der Waals surface area contributed by atoms with E-state index >= 15 is 0 Å². The van der Waals surface area contributed by atoms with Crippen molar-refractivity contribution in [3.05, 3.63) is 57.8 Å². The summed E-state index contributed by atoms with van der Waals surface area (Å²) in [6.07, 6.45) is 0. The average Bonchev–Trinajstić information content (AvgIpc) is 2.53.